The number of halogens is 1. The molecule has 2 aromatic rings. The van der Waals surface area contributed by atoms with Gasteiger partial charge >= 0.3 is 0 Å². The van der Waals surface area contributed by atoms with Crippen LogP contribution < -0.4 is 4.74 Å². The van der Waals surface area contributed by atoms with Gasteiger partial charge in [0.15, 0.2) is 0 Å². The summed E-state index contributed by atoms with van der Waals surface area (Å²) in [6, 6.07) is 9.98. The zero-order valence-corrected chi connectivity index (χ0v) is 20.6. The number of hydrogen-bond donors (Lipinski definition) is 1. The Labute approximate surface area is 199 Å². The van der Waals surface area contributed by atoms with Crippen molar-refractivity contribution in [1.29, 1.82) is 0 Å². The number of aliphatic hydroxyl groups excluding tert-OH is 1. The molecule has 0 saturated carbocycles. The highest BCUT2D eigenvalue weighted by Gasteiger charge is 2.38. The van der Waals surface area contributed by atoms with Crippen LogP contribution in [0.1, 0.15) is 13.8 Å². The molecule has 0 unspecified atom stereocenters. The molecule has 1 amide bonds. The van der Waals surface area contributed by atoms with Crippen molar-refractivity contribution < 1.29 is 32.2 Å². The highest BCUT2D eigenvalue weighted by Crippen LogP contribution is 2.37. The predicted molar refractivity (Wildman–Crippen MR) is 125 cm³/mol. The van der Waals surface area contributed by atoms with Crippen molar-refractivity contribution in [2.45, 2.75) is 30.9 Å². The maximum atomic E-state index is 14.4. The third-order valence-electron chi connectivity index (χ3n) is 6.00. The number of fused-ring (bicyclic) bond motifs is 1. The van der Waals surface area contributed by atoms with Crippen molar-refractivity contribution in [2.24, 2.45) is 5.92 Å². The Kier molecular flexibility index (Phi) is 8.29. The molecule has 0 bridgehead atoms. The SMILES string of the molecule is COCC(=O)N(C)C[C@H]1Oc2cc(-c3ccccc3F)ccc2S(=O)(=O)N([C@H](C)CO)C[C@H]1C. The van der Waals surface area contributed by atoms with E-state index < -0.39 is 28.0 Å². The number of rotatable bonds is 7. The van der Waals surface area contributed by atoms with Gasteiger partial charge in [0.2, 0.25) is 15.9 Å². The molecule has 0 aromatic heterocycles. The summed E-state index contributed by atoms with van der Waals surface area (Å²) >= 11 is 0. The molecule has 0 saturated heterocycles. The Morgan fingerprint density at radius 3 is 2.68 bits per heavy atom. The molecule has 1 aliphatic rings. The van der Waals surface area contributed by atoms with E-state index in [-0.39, 0.29) is 48.8 Å². The second-order valence-corrected chi connectivity index (χ2v) is 10.4. The number of nitrogens with zero attached hydrogens (tertiary/aromatic N) is 2. The average molecular weight is 495 g/mol. The molecule has 3 atom stereocenters. The van der Waals surface area contributed by atoms with Crippen LogP contribution >= 0.6 is 0 Å². The van der Waals surface area contributed by atoms with Gasteiger partial charge in [-0.1, -0.05) is 31.2 Å². The zero-order chi connectivity index (χ0) is 25.0. The first kappa shape index (κ1) is 26.1. The van der Waals surface area contributed by atoms with Gasteiger partial charge in [0, 0.05) is 38.2 Å². The third kappa shape index (κ3) is 5.41. The molecule has 2 aromatic carbocycles. The van der Waals surface area contributed by atoms with Gasteiger partial charge in [0.1, 0.15) is 29.2 Å². The van der Waals surface area contributed by atoms with Gasteiger partial charge in [0.25, 0.3) is 0 Å². The largest absolute Gasteiger partial charge is 0.487 e. The van der Waals surface area contributed by atoms with Gasteiger partial charge in [-0.25, -0.2) is 12.8 Å². The molecule has 34 heavy (non-hydrogen) atoms. The van der Waals surface area contributed by atoms with E-state index in [2.05, 4.69) is 0 Å². The van der Waals surface area contributed by atoms with Crippen LogP contribution in [0.15, 0.2) is 47.4 Å². The van der Waals surface area contributed by atoms with Crippen LogP contribution in [-0.4, -0.2) is 81.2 Å². The summed E-state index contributed by atoms with van der Waals surface area (Å²) < 4.78 is 53.9. The lowest BCUT2D eigenvalue weighted by Gasteiger charge is -2.37. The van der Waals surface area contributed by atoms with Crippen molar-refractivity contribution in [3.8, 4) is 16.9 Å². The van der Waals surface area contributed by atoms with E-state index in [9.17, 15) is 22.7 Å². The summed E-state index contributed by atoms with van der Waals surface area (Å²) in [5, 5.41) is 9.74. The number of benzene rings is 2. The number of carbonyl (C=O) groups excluding carboxylic acids is 1. The van der Waals surface area contributed by atoms with Crippen LogP contribution in [0.2, 0.25) is 0 Å². The number of methoxy groups -OCH3 is 1. The molecule has 0 spiro atoms. The number of hydrogen-bond acceptors (Lipinski definition) is 6. The summed E-state index contributed by atoms with van der Waals surface area (Å²) in [5.74, 6) is -0.942. The first-order chi connectivity index (χ1) is 16.1. The molecule has 0 fully saturated rings. The van der Waals surface area contributed by atoms with Crippen molar-refractivity contribution in [2.75, 3.05) is 40.5 Å². The van der Waals surface area contributed by atoms with Crippen LogP contribution in [-0.2, 0) is 19.6 Å². The third-order valence-corrected chi connectivity index (χ3v) is 8.02. The van der Waals surface area contributed by atoms with Crippen molar-refractivity contribution in [3.05, 3.63) is 48.3 Å². The fourth-order valence-corrected chi connectivity index (χ4v) is 5.74. The number of likely N-dealkylation sites (N-methyl/N-ethyl adjacent to an activating group) is 1. The molecule has 0 aliphatic carbocycles. The minimum atomic E-state index is -4.02. The summed E-state index contributed by atoms with van der Waals surface area (Å²) in [6.45, 7) is 3.30. The number of ether oxygens (including phenoxy) is 2. The van der Waals surface area contributed by atoms with E-state index in [1.54, 1.807) is 32.2 Å². The Morgan fingerprint density at radius 1 is 1.32 bits per heavy atom. The minimum absolute atomic E-state index is 0.0695. The summed E-state index contributed by atoms with van der Waals surface area (Å²) in [6.07, 6.45) is -0.565. The van der Waals surface area contributed by atoms with Gasteiger partial charge < -0.3 is 19.5 Å². The number of aliphatic hydroxyl groups is 1. The standard InChI is InChI=1S/C24H31FN2O6S/c1-16-12-27(17(2)14-28)34(30,31)23-10-9-18(19-7-5-6-8-20(19)25)11-21(23)33-22(16)13-26(3)24(29)15-32-4/h5-11,16-17,22,28H,12-15H2,1-4H3/t16-,17-,22-/m1/s1. The maximum absolute atomic E-state index is 14.4. The lowest BCUT2D eigenvalue weighted by Crippen LogP contribution is -2.50. The van der Waals surface area contributed by atoms with Crippen molar-refractivity contribution >= 4 is 15.9 Å². The first-order valence-corrected chi connectivity index (χ1v) is 12.4. The molecule has 3 rings (SSSR count). The Balaban J connectivity index is 2.11. The summed E-state index contributed by atoms with van der Waals surface area (Å²) in [4.78, 5) is 13.7. The topological polar surface area (TPSA) is 96.4 Å². The first-order valence-electron chi connectivity index (χ1n) is 11.0. The second kappa shape index (κ2) is 10.8. The van der Waals surface area contributed by atoms with E-state index in [1.807, 2.05) is 6.92 Å². The predicted octanol–water partition coefficient (Wildman–Crippen LogP) is 2.37. The van der Waals surface area contributed by atoms with Crippen molar-refractivity contribution in [1.82, 2.24) is 9.21 Å². The Morgan fingerprint density at radius 2 is 2.03 bits per heavy atom. The van der Waals surface area contributed by atoms with Gasteiger partial charge in [0.05, 0.1) is 13.2 Å². The molecule has 1 aliphatic heterocycles. The molecule has 1 heterocycles. The van der Waals surface area contributed by atoms with Gasteiger partial charge in [-0.3, -0.25) is 4.79 Å². The molecule has 0 radical (unpaired) electrons. The van der Waals surface area contributed by atoms with E-state index in [0.29, 0.717) is 11.1 Å². The fraction of sp³-hybridized carbons (Fsp3) is 0.458. The normalized spacial score (nSPS) is 21.0. The minimum Gasteiger partial charge on any atom is -0.487 e. The number of sulfonamides is 1. The van der Waals surface area contributed by atoms with E-state index in [4.69, 9.17) is 9.47 Å². The molecule has 10 heteroatoms. The van der Waals surface area contributed by atoms with E-state index in [0.717, 1.165) is 0 Å². The molecule has 8 nitrogen and oxygen atoms in total. The maximum Gasteiger partial charge on any atom is 0.248 e. The van der Waals surface area contributed by atoms with Gasteiger partial charge in [-0.05, 0) is 30.7 Å². The molecule has 186 valence electrons. The summed E-state index contributed by atoms with van der Waals surface area (Å²) in [7, 11) is -0.965. The Bertz CT molecular complexity index is 1130. The highest BCUT2D eigenvalue weighted by atomic mass is 32.2. The number of amides is 1. The second-order valence-electron chi connectivity index (χ2n) is 8.59. The van der Waals surface area contributed by atoms with Crippen LogP contribution in [0.4, 0.5) is 4.39 Å². The van der Waals surface area contributed by atoms with Crippen LogP contribution in [0.5, 0.6) is 5.75 Å². The molecular weight excluding hydrogens is 463 g/mol. The number of carbonyl (C=O) groups is 1. The smallest absolute Gasteiger partial charge is 0.248 e. The average Bonchev–Trinajstić information content (AvgIpc) is 2.81. The lowest BCUT2D eigenvalue weighted by atomic mass is 10.0. The molecule has 1 N–H and O–H groups in total. The van der Waals surface area contributed by atoms with Crippen LogP contribution in [0, 0.1) is 11.7 Å². The summed E-state index contributed by atoms with van der Waals surface area (Å²) in [5.41, 5.74) is 0.774. The van der Waals surface area contributed by atoms with Crippen molar-refractivity contribution in [3.63, 3.8) is 0 Å². The van der Waals surface area contributed by atoms with Crippen LogP contribution in [0.25, 0.3) is 11.1 Å². The van der Waals surface area contributed by atoms with Crippen LogP contribution in [0.3, 0.4) is 0 Å². The zero-order valence-electron chi connectivity index (χ0n) is 19.8. The van der Waals surface area contributed by atoms with Gasteiger partial charge in [-0.2, -0.15) is 4.31 Å². The Hall–Kier alpha value is -2.53. The quantitative estimate of drug-likeness (QED) is 0.635. The molecular formula is C24H31FN2O6S. The van der Waals surface area contributed by atoms with E-state index >= 15 is 0 Å². The fourth-order valence-electron chi connectivity index (χ4n) is 3.91. The van der Waals surface area contributed by atoms with Gasteiger partial charge in [-0.15, -0.1) is 0 Å². The highest BCUT2D eigenvalue weighted by molar-refractivity contribution is 7.89. The monoisotopic (exact) mass is 494 g/mol. The van der Waals surface area contributed by atoms with E-state index in [1.165, 1.54) is 40.6 Å². The lowest BCUT2D eigenvalue weighted by molar-refractivity contribution is -0.135.